The average molecular weight is 265 g/mol. The zero-order valence-corrected chi connectivity index (χ0v) is 11.4. The van der Waals surface area contributed by atoms with Gasteiger partial charge in [-0.2, -0.15) is 0 Å². The van der Waals surface area contributed by atoms with Crippen LogP contribution in [0.3, 0.4) is 0 Å². The molecule has 2 rings (SSSR count). The number of benzene rings is 1. The van der Waals surface area contributed by atoms with Crippen molar-refractivity contribution >= 4 is 11.6 Å². The maximum absolute atomic E-state index is 6.01. The number of halogens is 1. The van der Waals surface area contributed by atoms with E-state index in [2.05, 4.69) is 23.5 Å². The van der Waals surface area contributed by atoms with Crippen molar-refractivity contribution in [1.29, 1.82) is 0 Å². The molecule has 96 valence electrons. The Morgan fingerprint density at radius 2 is 2.22 bits per heavy atom. The number of nitrogens with one attached hydrogen (secondary N) is 1. The Bertz CT molecular complexity index is 510. The maximum Gasteiger partial charge on any atom is 0.133 e. The summed E-state index contributed by atoms with van der Waals surface area (Å²) in [5, 5.41) is 8.20. The van der Waals surface area contributed by atoms with Crippen molar-refractivity contribution < 1.29 is 4.52 Å². The molecule has 0 bridgehead atoms. The normalized spacial score (nSPS) is 12.6. The molecule has 0 saturated heterocycles. The molecule has 18 heavy (non-hydrogen) atoms. The largest absolute Gasteiger partial charge is 0.361 e. The van der Waals surface area contributed by atoms with E-state index in [9.17, 15) is 0 Å². The Hall–Kier alpha value is -1.32. The second kappa shape index (κ2) is 6.03. The number of aryl methyl sites for hydroxylation is 1. The van der Waals surface area contributed by atoms with Crippen LogP contribution in [-0.2, 0) is 6.54 Å². The molecule has 4 heteroatoms. The Labute approximate surface area is 112 Å². The zero-order chi connectivity index (χ0) is 13.0. The second-order valence-corrected chi connectivity index (χ2v) is 4.76. The Morgan fingerprint density at radius 1 is 1.39 bits per heavy atom. The summed E-state index contributed by atoms with van der Waals surface area (Å²) >= 11 is 6.01. The van der Waals surface area contributed by atoms with Crippen LogP contribution in [0.25, 0.3) is 0 Å². The van der Waals surface area contributed by atoms with Gasteiger partial charge in [0.1, 0.15) is 5.76 Å². The van der Waals surface area contributed by atoms with Gasteiger partial charge in [-0.25, -0.2) is 0 Å². The van der Waals surface area contributed by atoms with Crippen molar-refractivity contribution in [3.8, 4) is 0 Å². The van der Waals surface area contributed by atoms with Crippen molar-refractivity contribution in [2.24, 2.45) is 0 Å². The first-order chi connectivity index (χ1) is 8.69. The van der Waals surface area contributed by atoms with Crippen molar-refractivity contribution in [3.05, 3.63) is 52.4 Å². The van der Waals surface area contributed by atoms with Crippen LogP contribution in [0.4, 0.5) is 0 Å². The van der Waals surface area contributed by atoms with Crippen LogP contribution < -0.4 is 5.32 Å². The maximum atomic E-state index is 6.01. The summed E-state index contributed by atoms with van der Waals surface area (Å²) in [6.45, 7) is 4.74. The standard InChI is InChI=1S/C14H17ClN2O/c1-3-14(11-5-4-6-12(15)8-11)16-9-13-7-10(2)18-17-13/h4-8,14,16H,3,9H2,1-2H3. The van der Waals surface area contributed by atoms with Gasteiger partial charge in [-0.1, -0.05) is 35.8 Å². The molecule has 2 aromatic rings. The number of hydrogen-bond acceptors (Lipinski definition) is 3. The third-order valence-corrected chi connectivity index (χ3v) is 3.10. The topological polar surface area (TPSA) is 38.1 Å². The van der Waals surface area contributed by atoms with Crippen molar-refractivity contribution in [3.63, 3.8) is 0 Å². The molecule has 0 spiro atoms. The molecule has 3 nitrogen and oxygen atoms in total. The lowest BCUT2D eigenvalue weighted by atomic mass is 10.0. The lowest BCUT2D eigenvalue weighted by Gasteiger charge is -2.16. The summed E-state index contributed by atoms with van der Waals surface area (Å²) in [4.78, 5) is 0. The number of nitrogens with zero attached hydrogens (tertiary/aromatic N) is 1. The molecule has 1 aromatic heterocycles. The minimum atomic E-state index is 0.278. The predicted octanol–water partition coefficient (Wildman–Crippen LogP) is 3.88. The fourth-order valence-electron chi connectivity index (χ4n) is 1.95. The van der Waals surface area contributed by atoms with Gasteiger partial charge in [0.05, 0.1) is 5.69 Å². The van der Waals surface area contributed by atoms with E-state index in [0.29, 0.717) is 6.54 Å². The molecule has 1 unspecified atom stereocenters. The van der Waals surface area contributed by atoms with Gasteiger partial charge in [-0.3, -0.25) is 0 Å². The number of hydrogen-bond donors (Lipinski definition) is 1. The van der Waals surface area contributed by atoms with Crippen molar-refractivity contribution in [2.75, 3.05) is 0 Å². The van der Waals surface area contributed by atoms with E-state index in [-0.39, 0.29) is 6.04 Å². The molecule has 0 saturated carbocycles. The molecule has 1 N–H and O–H groups in total. The minimum absolute atomic E-state index is 0.278. The van der Waals surface area contributed by atoms with Gasteiger partial charge < -0.3 is 9.84 Å². The molecular formula is C14H17ClN2O. The fraction of sp³-hybridized carbons (Fsp3) is 0.357. The zero-order valence-electron chi connectivity index (χ0n) is 10.6. The lowest BCUT2D eigenvalue weighted by Crippen LogP contribution is -2.20. The molecule has 0 aliphatic rings. The first-order valence-corrected chi connectivity index (χ1v) is 6.48. The van der Waals surface area contributed by atoms with Crippen LogP contribution in [0.2, 0.25) is 5.02 Å². The molecular weight excluding hydrogens is 248 g/mol. The number of aromatic nitrogens is 1. The van der Waals surface area contributed by atoms with Crippen LogP contribution >= 0.6 is 11.6 Å². The summed E-state index contributed by atoms with van der Waals surface area (Å²) in [5.74, 6) is 0.836. The SMILES string of the molecule is CCC(NCc1cc(C)on1)c1cccc(Cl)c1. The molecule has 0 amide bonds. The highest BCUT2D eigenvalue weighted by Gasteiger charge is 2.10. The summed E-state index contributed by atoms with van der Waals surface area (Å²) in [7, 11) is 0. The Balaban J connectivity index is 2.01. The summed E-state index contributed by atoms with van der Waals surface area (Å²) in [5.41, 5.74) is 2.12. The van der Waals surface area contributed by atoms with E-state index < -0.39 is 0 Å². The van der Waals surface area contributed by atoms with Crippen molar-refractivity contribution in [2.45, 2.75) is 32.9 Å². The highest BCUT2D eigenvalue weighted by atomic mass is 35.5. The van der Waals surface area contributed by atoms with E-state index in [4.69, 9.17) is 16.1 Å². The lowest BCUT2D eigenvalue weighted by molar-refractivity contribution is 0.385. The molecule has 0 fully saturated rings. The van der Waals surface area contributed by atoms with Gasteiger partial charge in [0.25, 0.3) is 0 Å². The van der Waals surface area contributed by atoms with E-state index in [1.165, 1.54) is 5.56 Å². The van der Waals surface area contributed by atoms with E-state index in [1.807, 2.05) is 31.2 Å². The second-order valence-electron chi connectivity index (χ2n) is 4.33. The van der Waals surface area contributed by atoms with Gasteiger partial charge >= 0.3 is 0 Å². The summed E-state index contributed by atoms with van der Waals surface area (Å²) in [6, 6.07) is 10.2. The molecule has 1 aromatic carbocycles. The highest BCUT2D eigenvalue weighted by Crippen LogP contribution is 2.20. The van der Waals surface area contributed by atoms with Gasteiger partial charge in [-0.15, -0.1) is 0 Å². The van der Waals surface area contributed by atoms with Gasteiger partial charge in [-0.05, 0) is 31.0 Å². The fourth-order valence-corrected chi connectivity index (χ4v) is 2.15. The van der Waals surface area contributed by atoms with Crippen LogP contribution in [0, 0.1) is 6.92 Å². The molecule has 1 atom stereocenters. The quantitative estimate of drug-likeness (QED) is 0.891. The summed E-state index contributed by atoms with van der Waals surface area (Å²) in [6.07, 6.45) is 0.997. The minimum Gasteiger partial charge on any atom is -0.361 e. The monoisotopic (exact) mass is 264 g/mol. The smallest absolute Gasteiger partial charge is 0.133 e. The van der Waals surface area contributed by atoms with Gasteiger partial charge in [0.2, 0.25) is 0 Å². The van der Waals surface area contributed by atoms with Crippen molar-refractivity contribution in [1.82, 2.24) is 10.5 Å². The van der Waals surface area contributed by atoms with Crippen LogP contribution in [0.5, 0.6) is 0 Å². The molecule has 0 aliphatic carbocycles. The Morgan fingerprint density at radius 3 is 2.83 bits per heavy atom. The highest BCUT2D eigenvalue weighted by molar-refractivity contribution is 6.30. The predicted molar refractivity (Wildman–Crippen MR) is 72.6 cm³/mol. The Kier molecular flexibility index (Phi) is 4.39. The third-order valence-electron chi connectivity index (χ3n) is 2.87. The van der Waals surface area contributed by atoms with Gasteiger partial charge in [0, 0.05) is 23.7 Å². The van der Waals surface area contributed by atoms with Crippen LogP contribution in [0.1, 0.15) is 36.4 Å². The molecule has 1 heterocycles. The molecule has 0 aliphatic heterocycles. The third kappa shape index (κ3) is 3.34. The van der Waals surface area contributed by atoms with E-state index in [1.54, 1.807) is 0 Å². The van der Waals surface area contributed by atoms with E-state index >= 15 is 0 Å². The van der Waals surface area contributed by atoms with Crippen LogP contribution in [0.15, 0.2) is 34.9 Å². The summed E-state index contributed by atoms with van der Waals surface area (Å²) < 4.78 is 5.04. The first-order valence-electron chi connectivity index (χ1n) is 6.10. The van der Waals surface area contributed by atoms with Gasteiger partial charge in [0.15, 0.2) is 0 Å². The average Bonchev–Trinajstić information content (AvgIpc) is 2.76. The molecule has 0 radical (unpaired) electrons. The van der Waals surface area contributed by atoms with Crippen LogP contribution in [-0.4, -0.2) is 5.16 Å². The number of rotatable bonds is 5. The first kappa shape index (κ1) is 13.1. The van der Waals surface area contributed by atoms with E-state index in [0.717, 1.165) is 22.9 Å².